The van der Waals surface area contributed by atoms with E-state index < -0.39 is 5.41 Å². The highest BCUT2D eigenvalue weighted by molar-refractivity contribution is 9.25. The molecule has 0 aromatic carbocycles. The van der Waals surface area contributed by atoms with Crippen LogP contribution < -0.4 is 5.43 Å². The van der Waals surface area contributed by atoms with Gasteiger partial charge in [0.1, 0.15) is 0 Å². The van der Waals surface area contributed by atoms with Crippen molar-refractivity contribution in [1.82, 2.24) is 5.43 Å². The predicted molar refractivity (Wildman–Crippen MR) is 94.9 cm³/mol. The Hall–Kier alpha value is 0.1000. The monoisotopic (exact) mass is 420 g/mol. The number of rotatable bonds is 4. The van der Waals surface area contributed by atoms with Crippen molar-refractivity contribution in [1.29, 1.82) is 0 Å². The van der Waals surface area contributed by atoms with Crippen LogP contribution in [0.5, 0.6) is 0 Å². The van der Waals surface area contributed by atoms with Crippen molar-refractivity contribution >= 4 is 43.5 Å². The fourth-order valence-electron chi connectivity index (χ4n) is 3.03. The van der Waals surface area contributed by atoms with Crippen LogP contribution in [0, 0.1) is 16.7 Å². The molecule has 2 aliphatic carbocycles. The quantitative estimate of drug-likeness (QED) is 0.504. The number of alkyl halides is 2. The number of carbonyl (C=O) groups is 1. The number of carbonyl (C=O) groups excluding carboxylic acids is 1. The second-order valence-electron chi connectivity index (χ2n) is 7.45. The molecule has 5 heteroatoms. The van der Waals surface area contributed by atoms with Crippen molar-refractivity contribution in [2.45, 2.75) is 69.5 Å². The van der Waals surface area contributed by atoms with E-state index in [1.807, 2.05) is 6.92 Å². The van der Waals surface area contributed by atoms with E-state index in [0.29, 0.717) is 5.41 Å². The van der Waals surface area contributed by atoms with Crippen molar-refractivity contribution in [2.75, 3.05) is 0 Å². The molecule has 1 atom stereocenters. The van der Waals surface area contributed by atoms with Gasteiger partial charge in [-0.3, -0.25) is 4.79 Å². The molecule has 0 saturated heterocycles. The first-order valence-corrected chi connectivity index (χ1v) is 9.45. The molecule has 0 unspecified atom stereocenters. The number of halogens is 2. The predicted octanol–water partition coefficient (Wildman–Crippen LogP) is 4.98. The van der Waals surface area contributed by atoms with Gasteiger partial charge in [0, 0.05) is 5.71 Å². The Balaban J connectivity index is 1.85. The lowest BCUT2D eigenvalue weighted by molar-refractivity contribution is -0.125. The molecule has 0 radical (unpaired) electrons. The summed E-state index contributed by atoms with van der Waals surface area (Å²) < 4.78 is -0.250. The third-order valence-corrected chi connectivity index (χ3v) is 7.96. The molecule has 0 aliphatic heterocycles. The van der Waals surface area contributed by atoms with E-state index in [0.717, 1.165) is 30.9 Å². The Morgan fingerprint density at radius 1 is 1.38 bits per heavy atom. The van der Waals surface area contributed by atoms with Crippen molar-refractivity contribution in [3.63, 3.8) is 0 Å². The van der Waals surface area contributed by atoms with E-state index >= 15 is 0 Å². The summed E-state index contributed by atoms with van der Waals surface area (Å²) in [5, 5.41) is 4.37. The number of amides is 1. The Labute approximate surface area is 145 Å². The maximum Gasteiger partial charge on any atom is 0.248 e. The van der Waals surface area contributed by atoms with Gasteiger partial charge in [-0.2, -0.15) is 5.10 Å². The van der Waals surface area contributed by atoms with E-state index in [9.17, 15) is 4.79 Å². The highest BCUT2D eigenvalue weighted by Gasteiger charge is 2.66. The molecule has 2 rings (SSSR count). The summed E-state index contributed by atoms with van der Waals surface area (Å²) in [5.74, 6) is 0.774. The molecule has 3 nitrogen and oxygen atoms in total. The van der Waals surface area contributed by atoms with Gasteiger partial charge >= 0.3 is 0 Å². The van der Waals surface area contributed by atoms with E-state index in [-0.39, 0.29) is 9.14 Å². The van der Waals surface area contributed by atoms with Gasteiger partial charge in [-0.25, -0.2) is 5.43 Å². The molecule has 120 valence electrons. The lowest BCUT2D eigenvalue weighted by Gasteiger charge is -2.36. The highest BCUT2D eigenvalue weighted by atomic mass is 79.9. The summed E-state index contributed by atoms with van der Waals surface area (Å²) >= 11 is 7.04. The van der Waals surface area contributed by atoms with E-state index in [2.05, 4.69) is 63.2 Å². The molecule has 0 heterocycles. The van der Waals surface area contributed by atoms with Crippen LogP contribution in [-0.2, 0) is 4.79 Å². The zero-order chi connectivity index (χ0) is 15.9. The molecular weight excluding hydrogens is 396 g/mol. The number of hydrogen-bond donors (Lipinski definition) is 1. The zero-order valence-corrected chi connectivity index (χ0v) is 16.6. The Morgan fingerprint density at radius 3 is 2.33 bits per heavy atom. The summed E-state index contributed by atoms with van der Waals surface area (Å²) in [5.41, 5.74) is 3.94. The molecule has 2 fully saturated rings. The fraction of sp³-hybridized carbons (Fsp3) is 0.875. The fourth-order valence-corrected chi connectivity index (χ4v) is 4.51. The Kier molecular flexibility index (Phi) is 4.95. The van der Waals surface area contributed by atoms with Gasteiger partial charge in [0.2, 0.25) is 5.91 Å². The molecule has 21 heavy (non-hydrogen) atoms. The lowest BCUT2D eigenvalue weighted by Crippen LogP contribution is -2.32. The SMILES string of the molecule is CCC(C)(C)C1CCC(=NNC(=O)[C@@]2(C)CC2(Br)Br)CC1. The smallest absolute Gasteiger partial charge is 0.248 e. The van der Waals surface area contributed by atoms with Crippen LogP contribution in [0.15, 0.2) is 5.10 Å². The average molecular weight is 422 g/mol. The molecule has 0 aromatic rings. The Bertz CT molecular complexity index is 449. The maximum absolute atomic E-state index is 12.2. The second kappa shape index (κ2) is 5.95. The number of hydrogen-bond acceptors (Lipinski definition) is 2. The van der Waals surface area contributed by atoms with Crippen molar-refractivity contribution < 1.29 is 4.79 Å². The third kappa shape index (κ3) is 3.54. The van der Waals surface area contributed by atoms with Crippen LogP contribution in [-0.4, -0.2) is 14.9 Å². The molecular formula is C16H26Br2N2O. The van der Waals surface area contributed by atoms with E-state index in [1.54, 1.807) is 0 Å². The summed E-state index contributed by atoms with van der Waals surface area (Å²) in [7, 11) is 0. The van der Waals surface area contributed by atoms with Crippen LogP contribution in [0.1, 0.15) is 66.2 Å². The summed E-state index contributed by atoms with van der Waals surface area (Å²) in [6, 6.07) is 0. The van der Waals surface area contributed by atoms with Gasteiger partial charge in [0.15, 0.2) is 0 Å². The molecule has 1 amide bonds. The van der Waals surface area contributed by atoms with Crippen LogP contribution in [0.25, 0.3) is 0 Å². The summed E-state index contributed by atoms with van der Waals surface area (Å²) in [6.45, 7) is 8.95. The standard InChI is InChI=1S/C16H26Br2N2O/c1-5-14(2,3)11-6-8-12(9-7-11)19-20-13(21)15(4)10-16(15,17)18/h11H,5-10H2,1-4H3,(H,20,21)/t11?,15-/m1/s1. The minimum absolute atomic E-state index is 0.000221. The minimum Gasteiger partial charge on any atom is -0.272 e. The largest absolute Gasteiger partial charge is 0.272 e. The van der Waals surface area contributed by atoms with Crippen LogP contribution >= 0.6 is 31.9 Å². The number of hydrazone groups is 1. The maximum atomic E-state index is 12.2. The topological polar surface area (TPSA) is 41.5 Å². The van der Waals surface area contributed by atoms with Crippen molar-refractivity contribution in [2.24, 2.45) is 21.8 Å². The Morgan fingerprint density at radius 2 is 1.90 bits per heavy atom. The molecule has 1 N–H and O–H groups in total. The van der Waals surface area contributed by atoms with E-state index in [4.69, 9.17) is 0 Å². The van der Waals surface area contributed by atoms with Crippen molar-refractivity contribution in [3.05, 3.63) is 0 Å². The first-order valence-electron chi connectivity index (χ1n) is 7.86. The van der Waals surface area contributed by atoms with Gasteiger partial charge in [-0.15, -0.1) is 0 Å². The zero-order valence-electron chi connectivity index (χ0n) is 13.4. The average Bonchev–Trinajstić information content (AvgIpc) is 2.96. The lowest BCUT2D eigenvalue weighted by atomic mass is 9.69. The molecule has 0 bridgehead atoms. The molecule has 0 spiro atoms. The third-order valence-electron chi connectivity index (χ3n) is 5.65. The number of nitrogens with zero attached hydrogens (tertiary/aromatic N) is 1. The first-order chi connectivity index (χ1) is 9.62. The number of nitrogens with one attached hydrogen (secondary N) is 1. The molecule has 2 aliphatic rings. The normalized spacial score (nSPS) is 31.7. The minimum atomic E-state index is -0.390. The van der Waals surface area contributed by atoms with Crippen LogP contribution in [0.3, 0.4) is 0 Å². The van der Waals surface area contributed by atoms with Crippen LogP contribution in [0.4, 0.5) is 0 Å². The van der Waals surface area contributed by atoms with Crippen LogP contribution in [0.2, 0.25) is 0 Å². The van der Waals surface area contributed by atoms with Gasteiger partial charge in [-0.1, -0.05) is 59.1 Å². The van der Waals surface area contributed by atoms with E-state index in [1.165, 1.54) is 19.3 Å². The summed E-state index contributed by atoms with van der Waals surface area (Å²) in [4.78, 5) is 12.2. The molecule has 0 aromatic heterocycles. The van der Waals surface area contributed by atoms with Crippen molar-refractivity contribution in [3.8, 4) is 0 Å². The highest BCUT2D eigenvalue weighted by Crippen LogP contribution is 2.66. The van der Waals surface area contributed by atoms with Gasteiger partial charge in [-0.05, 0) is 50.4 Å². The van der Waals surface area contributed by atoms with Gasteiger partial charge in [0.25, 0.3) is 0 Å². The van der Waals surface area contributed by atoms with Gasteiger partial charge in [0.05, 0.1) is 8.65 Å². The summed E-state index contributed by atoms with van der Waals surface area (Å²) in [6.07, 6.45) is 6.42. The van der Waals surface area contributed by atoms with Gasteiger partial charge < -0.3 is 0 Å². The second-order valence-corrected chi connectivity index (χ2v) is 11.2. The first kappa shape index (κ1) is 17.5. The molecule has 2 saturated carbocycles.